The summed E-state index contributed by atoms with van der Waals surface area (Å²) < 4.78 is 47.0. The highest BCUT2D eigenvalue weighted by Crippen LogP contribution is 2.40. The van der Waals surface area contributed by atoms with Crippen LogP contribution in [0.4, 0.5) is 36.3 Å². The van der Waals surface area contributed by atoms with E-state index in [0.717, 1.165) is 62.5 Å². The predicted octanol–water partition coefficient (Wildman–Crippen LogP) is 8.21. The van der Waals surface area contributed by atoms with E-state index in [0.29, 0.717) is 23.9 Å². The van der Waals surface area contributed by atoms with E-state index in [1.54, 1.807) is 12.1 Å². The van der Waals surface area contributed by atoms with Gasteiger partial charge in [-0.2, -0.15) is 18.2 Å². The van der Waals surface area contributed by atoms with Crippen LogP contribution in [0.5, 0.6) is 5.75 Å². The maximum Gasteiger partial charge on any atom is 0.421 e. The van der Waals surface area contributed by atoms with Crippen molar-refractivity contribution in [1.82, 2.24) is 9.97 Å². The summed E-state index contributed by atoms with van der Waals surface area (Å²) in [5, 5.41) is 5.96. The Labute approximate surface area is 204 Å². The highest BCUT2D eigenvalue weighted by atomic mass is 19.4. The summed E-state index contributed by atoms with van der Waals surface area (Å²) in [5.74, 6) is 0.896. The summed E-state index contributed by atoms with van der Waals surface area (Å²) in [6, 6.07) is 14.7. The largest absolute Gasteiger partial charge is 0.494 e. The molecule has 186 valence electrons. The van der Waals surface area contributed by atoms with Crippen LogP contribution >= 0.6 is 0 Å². The first-order chi connectivity index (χ1) is 16.9. The van der Waals surface area contributed by atoms with Gasteiger partial charge in [-0.15, -0.1) is 0 Å². The summed E-state index contributed by atoms with van der Waals surface area (Å²) in [7, 11) is 0. The van der Waals surface area contributed by atoms with Crippen molar-refractivity contribution in [3.05, 3.63) is 65.9 Å². The minimum atomic E-state index is -4.58. The van der Waals surface area contributed by atoms with Gasteiger partial charge in [-0.1, -0.05) is 50.8 Å². The van der Waals surface area contributed by atoms with E-state index in [9.17, 15) is 13.2 Å². The molecule has 1 fully saturated rings. The predicted molar refractivity (Wildman–Crippen MR) is 133 cm³/mol. The fourth-order valence-electron chi connectivity index (χ4n) is 4.38. The Morgan fingerprint density at radius 3 is 2.43 bits per heavy atom. The molecule has 1 heterocycles. The van der Waals surface area contributed by atoms with E-state index in [1.165, 1.54) is 0 Å². The van der Waals surface area contributed by atoms with Gasteiger partial charge in [-0.25, -0.2) is 4.98 Å². The molecule has 0 amide bonds. The van der Waals surface area contributed by atoms with Crippen LogP contribution in [0.25, 0.3) is 0 Å². The van der Waals surface area contributed by atoms with Crippen molar-refractivity contribution in [3.63, 3.8) is 0 Å². The first kappa shape index (κ1) is 24.8. The van der Waals surface area contributed by atoms with Crippen molar-refractivity contribution < 1.29 is 17.9 Å². The Hall–Kier alpha value is -3.29. The second-order valence-electron chi connectivity index (χ2n) is 8.85. The van der Waals surface area contributed by atoms with E-state index in [2.05, 4.69) is 27.5 Å². The minimum Gasteiger partial charge on any atom is -0.494 e. The number of benzene rings is 2. The second kappa shape index (κ2) is 11.4. The lowest BCUT2D eigenvalue weighted by Gasteiger charge is -2.19. The molecule has 0 unspecified atom stereocenters. The van der Waals surface area contributed by atoms with Gasteiger partial charge in [-0.3, -0.25) is 0 Å². The highest BCUT2D eigenvalue weighted by molar-refractivity contribution is 5.66. The zero-order valence-corrected chi connectivity index (χ0v) is 19.9. The average molecular weight is 485 g/mol. The number of aromatic nitrogens is 2. The standard InChI is InChI=1S/C27H31F3N4O/c1-2-3-8-17-35-21-15-13-20(14-16-21)32-26-31-18-23(27(28,29)30)25(34-26)33-24-12-7-6-11-22(24)19-9-4-5-10-19/h6-7,11-16,18-19H,2-5,8-10,17H2,1H3,(H2,31,32,33,34). The zero-order valence-electron chi connectivity index (χ0n) is 19.9. The lowest BCUT2D eigenvalue weighted by Crippen LogP contribution is -2.13. The molecule has 35 heavy (non-hydrogen) atoms. The third kappa shape index (κ3) is 6.65. The van der Waals surface area contributed by atoms with Crippen molar-refractivity contribution in [2.24, 2.45) is 0 Å². The number of rotatable bonds is 10. The van der Waals surface area contributed by atoms with Gasteiger partial charge in [0.2, 0.25) is 5.95 Å². The number of hydrogen-bond donors (Lipinski definition) is 2. The van der Waals surface area contributed by atoms with Crippen LogP contribution in [-0.4, -0.2) is 16.6 Å². The molecule has 0 aliphatic heterocycles. The summed E-state index contributed by atoms with van der Waals surface area (Å²) in [5.41, 5.74) is 1.43. The molecule has 8 heteroatoms. The van der Waals surface area contributed by atoms with Crippen molar-refractivity contribution in [1.29, 1.82) is 0 Å². The maximum atomic E-state index is 13.8. The monoisotopic (exact) mass is 484 g/mol. The first-order valence-corrected chi connectivity index (χ1v) is 12.2. The minimum absolute atomic E-state index is 0.0791. The number of nitrogens with one attached hydrogen (secondary N) is 2. The number of para-hydroxylation sites is 1. The number of alkyl halides is 3. The Bertz CT molecular complexity index is 1100. The van der Waals surface area contributed by atoms with Gasteiger partial charge in [0.15, 0.2) is 0 Å². The number of hydrogen-bond acceptors (Lipinski definition) is 5. The number of unbranched alkanes of at least 4 members (excludes halogenated alkanes) is 2. The Balaban J connectivity index is 1.53. The SMILES string of the molecule is CCCCCOc1ccc(Nc2ncc(C(F)(F)F)c(Nc3ccccc3C3CCCC3)n2)cc1. The van der Waals surface area contributed by atoms with Gasteiger partial charge >= 0.3 is 6.18 Å². The lowest BCUT2D eigenvalue weighted by molar-refractivity contribution is -0.137. The molecule has 1 aromatic heterocycles. The van der Waals surface area contributed by atoms with Gasteiger partial charge in [0.1, 0.15) is 17.1 Å². The summed E-state index contributed by atoms with van der Waals surface area (Å²) >= 11 is 0. The molecule has 0 radical (unpaired) electrons. The third-order valence-corrected chi connectivity index (χ3v) is 6.23. The van der Waals surface area contributed by atoms with Crippen molar-refractivity contribution >= 4 is 23.1 Å². The third-order valence-electron chi connectivity index (χ3n) is 6.23. The molecule has 4 rings (SSSR count). The van der Waals surface area contributed by atoms with Gasteiger partial charge in [-0.05, 0) is 61.1 Å². The smallest absolute Gasteiger partial charge is 0.421 e. The Morgan fingerprint density at radius 2 is 1.71 bits per heavy atom. The Morgan fingerprint density at radius 1 is 0.971 bits per heavy atom. The topological polar surface area (TPSA) is 59.1 Å². The molecule has 0 saturated heterocycles. The zero-order chi connectivity index (χ0) is 24.7. The quantitative estimate of drug-likeness (QED) is 0.284. The van der Waals surface area contributed by atoms with Crippen LogP contribution in [0.1, 0.15) is 68.9 Å². The van der Waals surface area contributed by atoms with E-state index in [1.807, 2.05) is 36.4 Å². The first-order valence-electron chi connectivity index (χ1n) is 12.2. The molecule has 2 aromatic carbocycles. The molecule has 5 nitrogen and oxygen atoms in total. The summed E-state index contributed by atoms with van der Waals surface area (Å²) in [6.45, 7) is 2.79. The van der Waals surface area contributed by atoms with Gasteiger partial charge in [0.05, 0.1) is 6.61 Å². The van der Waals surface area contributed by atoms with Gasteiger partial charge < -0.3 is 15.4 Å². The molecule has 0 atom stereocenters. The fourth-order valence-corrected chi connectivity index (χ4v) is 4.38. The van der Waals surface area contributed by atoms with Crippen LogP contribution in [-0.2, 0) is 6.18 Å². The maximum absolute atomic E-state index is 13.8. The van der Waals surface area contributed by atoms with E-state index >= 15 is 0 Å². The molecule has 3 aromatic rings. The van der Waals surface area contributed by atoms with Crippen LogP contribution in [0.15, 0.2) is 54.7 Å². The second-order valence-corrected chi connectivity index (χ2v) is 8.85. The van der Waals surface area contributed by atoms with E-state index in [-0.39, 0.29) is 11.8 Å². The Kier molecular flexibility index (Phi) is 8.10. The molecular formula is C27H31F3N4O. The van der Waals surface area contributed by atoms with Crippen LogP contribution in [0, 0.1) is 0 Å². The van der Waals surface area contributed by atoms with E-state index < -0.39 is 11.7 Å². The van der Waals surface area contributed by atoms with Crippen LogP contribution in [0.2, 0.25) is 0 Å². The van der Waals surface area contributed by atoms with Gasteiger partial charge in [0, 0.05) is 17.6 Å². The van der Waals surface area contributed by atoms with E-state index in [4.69, 9.17) is 4.74 Å². The number of anilines is 4. The number of ether oxygens (including phenoxy) is 1. The average Bonchev–Trinajstić information content (AvgIpc) is 3.38. The molecule has 1 aliphatic rings. The molecular weight excluding hydrogens is 453 g/mol. The molecule has 1 saturated carbocycles. The molecule has 1 aliphatic carbocycles. The van der Waals surface area contributed by atoms with Crippen LogP contribution < -0.4 is 15.4 Å². The number of nitrogens with zero attached hydrogens (tertiary/aromatic N) is 2. The van der Waals surface area contributed by atoms with Crippen LogP contribution in [0.3, 0.4) is 0 Å². The molecule has 0 bridgehead atoms. The van der Waals surface area contributed by atoms with Gasteiger partial charge in [0.25, 0.3) is 0 Å². The van der Waals surface area contributed by atoms with Crippen molar-refractivity contribution in [2.75, 3.05) is 17.2 Å². The molecule has 2 N–H and O–H groups in total. The van der Waals surface area contributed by atoms with Crippen molar-refractivity contribution in [3.8, 4) is 5.75 Å². The normalized spacial score (nSPS) is 14.2. The molecule has 0 spiro atoms. The lowest BCUT2D eigenvalue weighted by atomic mass is 9.96. The highest BCUT2D eigenvalue weighted by Gasteiger charge is 2.35. The summed E-state index contributed by atoms with van der Waals surface area (Å²) in [6.07, 6.45) is 3.83. The fraction of sp³-hybridized carbons (Fsp3) is 0.407. The summed E-state index contributed by atoms with van der Waals surface area (Å²) in [4.78, 5) is 8.13. The van der Waals surface area contributed by atoms with Crippen molar-refractivity contribution in [2.45, 2.75) is 64.0 Å². The number of halogens is 3.